The summed E-state index contributed by atoms with van der Waals surface area (Å²) in [6.07, 6.45) is -20.1. The molecule has 0 saturated heterocycles. The molecule has 0 amide bonds. The number of ether oxygens (including phenoxy) is 2. The second-order valence-corrected chi connectivity index (χ2v) is 10.00. The van der Waals surface area contributed by atoms with Crippen LogP contribution in [0.1, 0.15) is 34.2 Å². The zero-order valence-electron chi connectivity index (χ0n) is 23.0. The van der Waals surface area contributed by atoms with Gasteiger partial charge in [-0.1, -0.05) is 23.8 Å². The van der Waals surface area contributed by atoms with Crippen molar-refractivity contribution < 1.29 is 62.2 Å². The normalized spacial score (nSPS) is 16.2. The lowest BCUT2D eigenvalue weighted by Crippen LogP contribution is -2.26. The third-order valence-electron chi connectivity index (χ3n) is 6.53. The van der Waals surface area contributed by atoms with Crippen LogP contribution in [-0.4, -0.2) is 12.3 Å². The highest BCUT2D eigenvalue weighted by atomic mass is 19.4. The fourth-order valence-corrected chi connectivity index (χ4v) is 4.44. The lowest BCUT2D eigenvalue weighted by Gasteiger charge is -2.26. The Morgan fingerprint density at radius 2 is 1.22 bits per heavy atom. The highest BCUT2D eigenvalue weighted by molar-refractivity contribution is 5.60. The molecule has 1 unspecified atom stereocenters. The van der Waals surface area contributed by atoms with Crippen LogP contribution in [0.2, 0.25) is 0 Å². The number of halogens is 12. The van der Waals surface area contributed by atoms with Gasteiger partial charge in [0.05, 0.1) is 16.7 Å². The second-order valence-electron chi connectivity index (χ2n) is 10.00. The average Bonchev–Trinajstić information content (AvgIpc) is 2.90. The number of anilines is 1. The average molecular weight is 655 g/mol. The molecule has 3 aromatic carbocycles. The van der Waals surface area contributed by atoms with E-state index in [0.29, 0.717) is 30.3 Å². The van der Waals surface area contributed by atoms with E-state index in [-0.39, 0.29) is 23.3 Å². The second kappa shape index (κ2) is 11.9. The summed E-state index contributed by atoms with van der Waals surface area (Å²) in [5, 5.41) is 2.24. The number of nitrogens with one attached hydrogen (secondary N) is 1. The summed E-state index contributed by atoms with van der Waals surface area (Å²) in [5.74, 6) is -2.30. The van der Waals surface area contributed by atoms with Crippen LogP contribution < -0.4 is 14.8 Å². The van der Waals surface area contributed by atoms with Crippen LogP contribution in [0.5, 0.6) is 17.2 Å². The Balaban J connectivity index is 1.62. The van der Waals surface area contributed by atoms with Gasteiger partial charge in [0.1, 0.15) is 28.9 Å². The van der Waals surface area contributed by atoms with Gasteiger partial charge in [0.25, 0.3) is 0 Å². The molecule has 0 spiro atoms. The molecule has 4 rings (SSSR count). The zero-order chi connectivity index (χ0) is 33.5. The molecular formula is C30H21F12NO2. The first-order valence-electron chi connectivity index (χ1n) is 12.8. The Labute approximate surface area is 247 Å². The maximum absolute atomic E-state index is 14.0. The number of aryl methyl sites for hydroxylation is 2. The molecule has 1 atom stereocenters. The quantitative estimate of drug-likeness (QED) is 0.268. The molecule has 0 aliphatic heterocycles. The molecule has 1 N–H and O–H groups in total. The van der Waals surface area contributed by atoms with E-state index < -0.39 is 76.0 Å². The Kier molecular flexibility index (Phi) is 8.88. The van der Waals surface area contributed by atoms with Crippen molar-refractivity contribution in [2.24, 2.45) is 0 Å². The Morgan fingerprint density at radius 3 is 1.80 bits per heavy atom. The Bertz CT molecular complexity index is 1630. The van der Waals surface area contributed by atoms with Crippen molar-refractivity contribution in [2.75, 3.05) is 5.32 Å². The highest BCUT2D eigenvalue weighted by Gasteiger charge is 2.40. The van der Waals surface area contributed by atoms with Crippen molar-refractivity contribution in [3.8, 4) is 17.2 Å². The van der Waals surface area contributed by atoms with Gasteiger partial charge >= 0.3 is 24.7 Å². The van der Waals surface area contributed by atoms with Gasteiger partial charge in [-0.15, -0.1) is 0 Å². The van der Waals surface area contributed by atoms with Crippen molar-refractivity contribution in [1.29, 1.82) is 0 Å². The summed E-state index contributed by atoms with van der Waals surface area (Å²) in [5.41, 5.74) is -6.48. The molecule has 0 saturated carbocycles. The van der Waals surface area contributed by atoms with E-state index in [1.807, 2.05) is 0 Å². The number of benzene rings is 3. The van der Waals surface area contributed by atoms with Gasteiger partial charge in [-0.3, -0.25) is 0 Å². The molecule has 242 valence electrons. The highest BCUT2D eigenvalue weighted by Crippen LogP contribution is 2.44. The van der Waals surface area contributed by atoms with Gasteiger partial charge in [0, 0.05) is 17.8 Å². The van der Waals surface area contributed by atoms with Crippen LogP contribution in [-0.2, 0) is 18.5 Å². The predicted octanol–water partition coefficient (Wildman–Crippen LogP) is 10.8. The number of alkyl halides is 12. The smallest absolute Gasteiger partial charge is 0.420 e. The maximum Gasteiger partial charge on any atom is 0.420 e. The molecular weight excluding hydrogens is 634 g/mol. The fraction of sp³-hybridized carbons (Fsp3) is 0.267. The van der Waals surface area contributed by atoms with Crippen LogP contribution >= 0.6 is 0 Å². The van der Waals surface area contributed by atoms with E-state index in [0.717, 1.165) is 30.3 Å². The summed E-state index contributed by atoms with van der Waals surface area (Å²) in [6.45, 7) is 2.53. The topological polar surface area (TPSA) is 30.5 Å². The van der Waals surface area contributed by atoms with Crippen LogP contribution in [0.3, 0.4) is 0 Å². The van der Waals surface area contributed by atoms with E-state index in [1.54, 1.807) is 0 Å². The fourth-order valence-electron chi connectivity index (χ4n) is 4.44. The van der Waals surface area contributed by atoms with Gasteiger partial charge in [0.15, 0.2) is 0 Å². The number of rotatable bonds is 6. The van der Waals surface area contributed by atoms with Gasteiger partial charge < -0.3 is 14.8 Å². The van der Waals surface area contributed by atoms with E-state index in [2.05, 4.69) is 5.32 Å². The molecule has 1 aliphatic rings. The van der Waals surface area contributed by atoms with Crippen LogP contribution in [0.15, 0.2) is 78.0 Å². The number of hydrogen-bond donors (Lipinski definition) is 1. The first-order valence-corrected chi connectivity index (χ1v) is 12.8. The lowest BCUT2D eigenvalue weighted by atomic mass is 10.00. The van der Waals surface area contributed by atoms with E-state index in [4.69, 9.17) is 9.47 Å². The van der Waals surface area contributed by atoms with Crippen LogP contribution in [0, 0.1) is 13.8 Å². The predicted molar refractivity (Wildman–Crippen MR) is 139 cm³/mol. The minimum atomic E-state index is -5.19. The molecule has 3 nitrogen and oxygen atoms in total. The van der Waals surface area contributed by atoms with E-state index >= 15 is 0 Å². The first kappa shape index (κ1) is 33.6. The van der Waals surface area contributed by atoms with Gasteiger partial charge in [-0.05, 0) is 68.0 Å². The van der Waals surface area contributed by atoms with Gasteiger partial charge in [0.2, 0.25) is 0 Å². The minimum absolute atomic E-state index is 0.134. The van der Waals surface area contributed by atoms with Crippen molar-refractivity contribution in [2.45, 2.75) is 51.1 Å². The summed E-state index contributed by atoms with van der Waals surface area (Å²) in [7, 11) is 0. The summed E-state index contributed by atoms with van der Waals surface area (Å²) in [4.78, 5) is 0. The van der Waals surface area contributed by atoms with Crippen molar-refractivity contribution in [3.05, 3.63) is 106 Å². The molecule has 0 heterocycles. The molecule has 0 aromatic heterocycles. The standard InChI is InChI=1S/C30H21F12NO2/c1-15-3-9-25(22(11-15)29(37,38)39)45-26-10-5-17(12-23(26)30(40,41)42)43-24-8-7-19(14-21(24)28(34,35)36)44-18-6-4-16(2)20(13-18)27(31,32)33/h3-6,8-14,19,43H,7H2,1-2H3. The van der Waals surface area contributed by atoms with Crippen LogP contribution in [0.4, 0.5) is 58.4 Å². The number of allylic oxidation sites excluding steroid dienone is 1. The summed E-state index contributed by atoms with van der Waals surface area (Å²) < 4.78 is 174. The number of hydrogen-bond acceptors (Lipinski definition) is 3. The summed E-state index contributed by atoms with van der Waals surface area (Å²) >= 11 is 0. The maximum atomic E-state index is 14.0. The molecule has 0 bridgehead atoms. The van der Waals surface area contributed by atoms with Crippen LogP contribution in [0.25, 0.3) is 0 Å². The first-order chi connectivity index (χ1) is 20.6. The van der Waals surface area contributed by atoms with E-state index in [9.17, 15) is 52.7 Å². The third kappa shape index (κ3) is 8.05. The lowest BCUT2D eigenvalue weighted by molar-refractivity contribution is -0.140. The molecule has 45 heavy (non-hydrogen) atoms. The monoisotopic (exact) mass is 655 g/mol. The van der Waals surface area contributed by atoms with E-state index in [1.165, 1.54) is 19.9 Å². The largest absolute Gasteiger partial charge is 0.486 e. The third-order valence-corrected chi connectivity index (χ3v) is 6.53. The van der Waals surface area contributed by atoms with Gasteiger partial charge in [-0.25, -0.2) is 0 Å². The molecule has 0 fully saturated rings. The molecule has 1 aliphatic carbocycles. The van der Waals surface area contributed by atoms with Crippen molar-refractivity contribution in [1.82, 2.24) is 0 Å². The Morgan fingerprint density at radius 1 is 0.644 bits per heavy atom. The SMILES string of the molecule is Cc1ccc(Oc2ccc(NC3=CCC(Oc4ccc(C)c(C(F)(F)F)c4)C=C3C(F)(F)F)cc2C(F)(F)F)c(C(F)(F)F)c1. The van der Waals surface area contributed by atoms with Crippen molar-refractivity contribution in [3.63, 3.8) is 0 Å². The molecule has 3 aromatic rings. The molecule has 15 heteroatoms. The summed E-state index contributed by atoms with van der Waals surface area (Å²) in [6, 6.07) is 7.53. The zero-order valence-corrected chi connectivity index (χ0v) is 23.0. The minimum Gasteiger partial charge on any atom is -0.486 e. The van der Waals surface area contributed by atoms with Crippen molar-refractivity contribution >= 4 is 5.69 Å². The molecule has 0 radical (unpaired) electrons. The Hall–Kier alpha value is -4.30. The van der Waals surface area contributed by atoms with Gasteiger partial charge in [-0.2, -0.15) is 52.7 Å².